The van der Waals surface area contributed by atoms with Crippen LogP contribution in [0.3, 0.4) is 0 Å². The Kier molecular flexibility index (Phi) is 5.20. The van der Waals surface area contributed by atoms with Gasteiger partial charge in [0.05, 0.1) is 0 Å². The summed E-state index contributed by atoms with van der Waals surface area (Å²) in [6, 6.07) is 0. The van der Waals surface area contributed by atoms with Gasteiger partial charge in [0, 0.05) is 19.6 Å². The summed E-state index contributed by atoms with van der Waals surface area (Å²) in [6.45, 7) is 8.90. The van der Waals surface area contributed by atoms with Crippen LogP contribution in [0.2, 0.25) is 0 Å². The second-order valence-corrected chi connectivity index (χ2v) is 4.75. The molecule has 2 heteroatoms. The van der Waals surface area contributed by atoms with Crippen molar-refractivity contribution >= 4 is 0 Å². The van der Waals surface area contributed by atoms with Gasteiger partial charge < -0.3 is 5.73 Å². The average molecular weight is 196 g/mol. The summed E-state index contributed by atoms with van der Waals surface area (Å²) in [4.78, 5) is 2.51. The fourth-order valence-electron chi connectivity index (χ4n) is 2.13. The van der Waals surface area contributed by atoms with E-state index in [4.69, 9.17) is 5.73 Å². The molecule has 82 valence electrons. The maximum Gasteiger partial charge on any atom is 0.0163 e. The van der Waals surface area contributed by atoms with Gasteiger partial charge in [0.2, 0.25) is 0 Å². The topological polar surface area (TPSA) is 29.3 Å². The van der Waals surface area contributed by atoms with Crippen molar-refractivity contribution < 1.29 is 0 Å². The summed E-state index contributed by atoms with van der Waals surface area (Å²) in [7, 11) is 0. The van der Waals surface area contributed by atoms with E-state index in [0.717, 1.165) is 19.0 Å². The predicted octanol–water partition coefficient (Wildman–Crippen LogP) is 1.87. The van der Waals surface area contributed by atoms with Gasteiger partial charge in [-0.1, -0.05) is 26.0 Å². The lowest BCUT2D eigenvalue weighted by Gasteiger charge is -2.28. The minimum Gasteiger partial charge on any atom is -0.330 e. The average Bonchev–Trinajstić information content (AvgIpc) is 2.17. The van der Waals surface area contributed by atoms with Crippen molar-refractivity contribution in [2.75, 3.05) is 26.2 Å². The Bertz CT molecular complexity index is 175. The number of hydrogen-bond acceptors (Lipinski definition) is 2. The van der Waals surface area contributed by atoms with Crippen molar-refractivity contribution in [1.82, 2.24) is 4.90 Å². The van der Waals surface area contributed by atoms with Gasteiger partial charge in [-0.05, 0) is 31.2 Å². The molecular weight excluding hydrogens is 172 g/mol. The molecule has 0 bridgehead atoms. The van der Waals surface area contributed by atoms with Gasteiger partial charge >= 0.3 is 0 Å². The highest BCUT2D eigenvalue weighted by Gasteiger charge is 2.14. The van der Waals surface area contributed by atoms with Gasteiger partial charge in [-0.25, -0.2) is 0 Å². The van der Waals surface area contributed by atoms with Crippen molar-refractivity contribution in [2.24, 2.45) is 17.6 Å². The first kappa shape index (κ1) is 11.7. The van der Waals surface area contributed by atoms with Crippen LogP contribution in [0.5, 0.6) is 0 Å². The third-order valence-corrected chi connectivity index (χ3v) is 2.80. The Labute approximate surface area is 88.2 Å². The van der Waals surface area contributed by atoms with E-state index in [1.165, 1.54) is 25.9 Å². The monoisotopic (exact) mass is 196 g/mol. The molecule has 1 atom stereocenters. The van der Waals surface area contributed by atoms with Crippen LogP contribution in [0.1, 0.15) is 26.7 Å². The van der Waals surface area contributed by atoms with Crippen LogP contribution in [0.25, 0.3) is 0 Å². The van der Waals surface area contributed by atoms with E-state index in [1.807, 2.05) is 0 Å². The van der Waals surface area contributed by atoms with Crippen molar-refractivity contribution in [2.45, 2.75) is 26.7 Å². The zero-order valence-corrected chi connectivity index (χ0v) is 9.58. The molecule has 1 aliphatic heterocycles. The summed E-state index contributed by atoms with van der Waals surface area (Å²) >= 11 is 0. The molecule has 1 heterocycles. The lowest BCUT2D eigenvalue weighted by atomic mass is 9.96. The van der Waals surface area contributed by atoms with E-state index in [9.17, 15) is 0 Å². The minimum atomic E-state index is 0.682. The molecule has 2 nitrogen and oxygen atoms in total. The van der Waals surface area contributed by atoms with Gasteiger partial charge in [0.15, 0.2) is 0 Å². The first-order chi connectivity index (χ1) is 6.72. The largest absolute Gasteiger partial charge is 0.330 e. The maximum absolute atomic E-state index is 5.79. The minimum absolute atomic E-state index is 0.682. The molecule has 0 aromatic rings. The number of rotatable bonds is 5. The van der Waals surface area contributed by atoms with E-state index in [1.54, 1.807) is 0 Å². The first-order valence-corrected chi connectivity index (χ1v) is 5.79. The van der Waals surface area contributed by atoms with Crippen LogP contribution in [-0.4, -0.2) is 31.1 Å². The molecule has 0 fully saturated rings. The van der Waals surface area contributed by atoms with Crippen LogP contribution in [0.4, 0.5) is 0 Å². The molecule has 1 rings (SSSR count). The zero-order valence-electron chi connectivity index (χ0n) is 9.58. The summed E-state index contributed by atoms with van der Waals surface area (Å²) < 4.78 is 0. The Morgan fingerprint density at radius 2 is 2.14 bits per heavy atom. The molecule has 0 radical (unpaired) electrons. The third-order valence-electron chi connectivity index (χ3n) is 2.80. The quantitative estimate of drug-likeness (QED) is 0.680. The molecule has 0 spiro atoms. The predicted molar refractivity (Wildman–Crippen MR) is 62.2 cm³/mol. The van der Waals surface area contributed by atoms with Crippen molar-refractivity contribution in [3.05, 3.63) is 12.2 Å². The first-order valence-electron chi connectivity index (χ1n) is 5.79. The van der Waals surface area contributed by atoms with E-state index < -0.39 is 0 Å². The van der Waals surface area contributed by atoms with Crippen LogP contribution in [0, 0.1) is 11.8 Å². The normalized spacial score (nSPS) is 20.3. The summed E-state index contributed by atoms with van der Waals surface area (Å²) in [5, 5.41) is 0. The van der Waals surface area contributed by atoms with Crippen LogP contribution < -0.4 is 5.73 Å². The fraction of sp³-hybridized carbons (Fsp3) is 0.833. The summed E-state index contributed by atoms with van der Waals surface area (Å²) in [5.41, 5.74) is 5.79. The van der Waals surface area contributed by atoms with Gasteiger partial charge in [-0.3, -0.25) is 4.90 Å². The molecular formula is C12H24N2. The standard InChI is InChI=1S/C12H24N2/c1-11(2)8-12(9-13)10-14-6-4-3-5-7-14/h3-4,11-12H,5-10,13H2,1-2H3. The van der Waals surface area contributed by atoms with Gasteiger partial charge in [-0.15, -0.1) is 0 Å². The molecule has 0 amide bonds. The molecule has 14 heavy (non-hydrogen) atoms. The SMILES string of the molecule is CC(C)CC(CN)CN1CC=CCC1. The molecule has 0 aromatic carbocycles. The highest BCUT2D eigenvalue weighted by Crippen LogP contribution is 2.13. The Morgan fingerprint density at radius 3 is 2.64 bits per heavy atom. The highest BCUT2D eigenvalue weighted by molar-refractivity contribution is 4.91. The van der Waals surface area contributed by atoms with Crippen molar-refractivity contribution in [3.8, 4) is 0 Å². The molecule has 1 aliphatic rings. The lowest BCUT2D eigenvalue weighted by Crippen LogP contribution is -2.35. The molecule has 2 N–H and O–H groups in total. The Hall–Kier alpha value is -0.340. The highest BCUT2D eigenvalue weighted by atomic mass is 15.1. The number of hydrogen-bond donors (Lipinski definition) is 1. The van der Waals surface area contributed by atoms with E-state index in [2.05, 4.69) is 30.9 Å². The van der Waals surface area contributed by atoms with Gasteiger partial charge in [-0.2, -0.15) is 0 Å². The summed E-state index contributed by atoms with van der Waals surface area (Å²) in [5.74, 6) is 1.45. The second-order valence-electron chi connectivity index (χ2n) is 4.75. The van der Waals surface area contributed by atoms with Crippen LogP contribution in [0.15, 0.2) is 12.2 Å². The number of nitrogens with zero attached hydrogens (tertiary/aromatic N) is 1. The van der Waals surface area contributed by atoms with Crippen LogP contribution in [-0.2, 0) is 0 Å². The molecule has 0 aliphatic carbocycles. The molecule has 0 saturated carbocycles. The van der Waals surface area contributed by atoms with Gasteiger partial charge in [0.25, 0.3) is 0 Å². The smallest absolute Gasteiger partial charge is 0.0163 e. The van der Waals surface area contributed by atoms with E-state index in [0.29, 0.717) is 5.92 Å². The Morgan fingerprint density at radius 1 is 1.36 bits per heavy atom. The molecule has 0 saturated heterocycles. The molecule has 0 aromatic heterocycles. The maximum atomic E-state index is 5.79. The van der Waals surface area contributed by atoms with Crippen LogP contribution >= 0.6 is 0 Å². The third kappa shape index (κ3) is 4.25. The fourth-order valence-corrected chi connectivity index (χ4v) is 2.13. The Balaban J connectivity index is 2.28. The van der Waals surface area contributed by atoms with Crippen molar-refractivity contribution in [1.29, 1.82) is 0 Å². The zero-order chi connectivity index (χ0) is 10.4. The molecule has 1 unspecified atom stereocenters. The van der Waals surface area contributed by atoms with Gasteiger partial charge in [0.1, 0.15) is 0 Å². The number of nitrogens with two attached hydrogens (primary N) is 1. The second kappa shape index (κ2) is 6.20. The summed E-state index contributed by atoms with van der Waals surface area (Å²) in [6.07, 6.45) is 7.01. The van der Waals surface area contributed by atoms with Crippen molar-refractivity contribution in [3.63, 3.8) is 0 Å². The van der Waals surface area contributed by atoms with E-state index >= 15 is 0 Å². The van der Waals surface area contributed by atoms with E-state index in [-0.39, 0.29) is 0 Å². The lowest BCUT2D eigenvalue weighted by molar-refractivity contribution is 0.233.